The Balaban J connectivity index is 1.94. The number of nitriles is 1. The van der Waals surface area contributed by atoms with Crippen molar-refractivity contribution in [2.75, 3.05) is 7.11 Å². The van der Waals surface area contributed by atoms with Gasteiger partial charge in [-0.25, -0.2) is 4.79 Å². The quantitative estimate of drug-likeness (QED) is 0.854. The minimum atomic E-state index is -0.399. The number of nitrogens with zero attached hydrogens (tertiary/aromatic N) is 1. The number of rotatable bonds is 5. The molecule has 0 bridgehead atoms. The lowest BCUT2D eigenvalue weighted by Crippen LogP contribution is -2.12. The maximum absolute atomic E-state index is 11.5. The Morgan fingerprint density at radius 3 is 2.90 bits per heavy atom. The van der Waals surface area contributed by atoms with Gasteiger partial charge >= 0.3 is 5.97 Å². The first-order valence-corrected chi connectivity index (χ1v) is 6.51. The highest BCUT2D eigenvalue weighted by Gasteiger charge is 2.14. The number of aryl methyl sites for hydroxylation is 1. The number of hydrogen-bond acceptors (Lipinski definition) is 5. The smallest absolute Gasteiger partial charge is 0.341 e. The lowest BCUT2D eigenvalue weighted by atomic mass is 10.1. The van der Waals surface area contributed by atoms with Gasteiger partial charge in [0.25, 0.3) is 0 Å². The summed E-state index contributed by atoms with van der Waals surface area (Å²) in [5.41, 5.74) is 2.10. The van der Waals surface area contributed by atoms with Crippen LogP contribution >= 0.6 is 0 Å². The van der Waals surface area contributed by atoms with E-state index in [2.05, 4.69) is 16.1 Å². The molecule has 1 aromatic carbocycles. The number of furan rings is 1. The van der Waals surface area contributed by atoms with Gasteiger partial charge in [0.15, 0.2) is 0 Å². The Bertz CT molecular complexity index is 683. The molecule has 1 N–H and O–H groups in total. The van der Waals surface area contributed by atoms with E-state index in [-0.39, 0.29) is 0 Å². The summed E-state index contributed by atoms with van der Waals surface area (Å²) in [5.74, 6) is 0.818. The molecule has 2 aromatic rings. The predicted molar refractivity (Wildman–Crippen MR) is 76.5 cm³/mol. The Kier molecular flexibility index (Phi) is 4.75. The SMILES string of the molecule is COC(=O)c1cc(CNCc2cccc(C#N)c2)oc1C. The number of carbonyl (C=O) groups is 1. The molecular formula is C16H16N2O3. The lowest BCUT2D eigenvalue weighted by Gasteiger charge is -2.03. The Morgan fingerprint density at radius 2 is 2.19 bits per heavy atom. The summed E-state index contributed by atoms with van der Waals surface area (Å²) < 4.78 is 10.2. The van der Waals surface area contributed by atoms with Crippen LogP contribution in [-0.4, -0.2) is 13.1 Å². The molecule has 0 saturated heterocycles. The molecule has 0 aliphatic rings. The number of benzene rings is 1. The third-order valence-corrected chi connectivity index (χ3v) is 3.06. The summed E-state index contributed by atoms with van der Waals surface area (Å²) >= 11 is 0. The second kappa shape index (κ2) is 6.73. The first-order chi connectivity index (χ1) is 10.1. The number of methoxy groups -OCH3 is 1. The van der Waals surface area contributed by atoms with Crippen LogP contribution in [0.4, 0.5) is 0 Å². The van der Waals surface area contributed by atoms with Crippen molar-refractivity contribution in [1.82, 2.24) is 5.32 Å². The fourth-order valence-electron chi connectivity index (χ4n) is 2.02. The predicted octanol–water partition coefficient (Wildman–Crippen LogP) is 2.54. The van der Waals surface area contributed by atoms with Crippen molar-refractivity contribution >= 4 is 5.97 Å². The van der Waals surface area contributed by atoms with Crippen molar-refractivity contribution in [3.8, 4) is 6.07 Å². The molecule has 0 amide bonds. The molecule has 1 aromatic heterocycles. The molecule has 108 valence electrons. The van der Waals surface area contributed by atoms with Gasteiger partial charge in [0.1, 0.15) is 17.1 Å². The van der Waals surface area contributed by atoms with Crippen LogP contribution in [0.1, 0.15) is 33.0 Å². The summed E-state index contributed by atoms with van der Waals surface area (Å²) in [6.07, 6.45) is 0. The summed E-state index contributed by atoms with van der Waals surface area (Å²) in [4.78, 5) is 11.5. The van der Waals surface area contributed by atoms with Gasteiger partial charge in [-0.1, -0.05) is 12.1 Å². The molecule has 2 rings (SSSR count). The van der Waals surface area contributed by atoms with Gasteiger partial charge < -0.3 is 14.5 Å². The van der Waals surface area contributed by atoms with Crippen molar-refractivity contribution in [1.29, 1.82) is 5.26 Å². The molecule has 0 aliphatic carbocycles. The first-order valence-electron chi connectivity index (χ1n) is 6.51. The molecule has 5 heteroatoms. The van der Waals surface area contributed by atoms with Crippen LogP contribution < -0.4 is 5.32 Å². The minimum Gasteiger partial charge on any atom is -0.465 e. The summed E-state index contributed by atoms with van der Waals surface area (Å²) in [7, 11) is 1.34. The minimum absolute atomic E-state index is 0.399. The van der Waals surface area contributed by atoms with Gasteiger partial charge in [-0.05, 0) is 30.7 Å². The van der Waals surface area contributed by atoms with E-state index in [1.165, 1.54) is 7.11 Å². The lowest BCUT2D eigenvalue weighted by molar-refractivity contribution is 0.0599. The van der Waals surface area contributed by atoms with E-state index >= 15 is 0 Å². The summed E-state index contributed by atoms with van der Waals surface area (Å²) in [6, 6.07) is 11.2. The van der Waals surface area contributed by atoms with Gasteiger partial charge in [0.2, 0.25) is 0 Å². The number of hydrogen-bond donors (Lipinski definition) is 1. The van der Waals surface area contributed by atoms with Gasteiger partial charge in [-0.15, -0.1) is 0 Å². The fraction of sp³-hybridized carbons (Fsp3) is 0.250. The van der Waals surface area contributed by atoms with Gasteiger partial charge in [-0.3, -0.25) is 0 Å². The Morgan fingerprint density at radius 1 is 1.38 bits per heavy atom. The topological polar surface area (TPSA) is 75.3 Å². The molecule has 1 heterocycles. The average Bonchev–Trinajstić information content (AvgIpc) is 2.87. The maximum Gasteiger partial charge on any atom is 0.341 e. The van der Waals surface area contributed by atoms with E-state index in [4.69, 9.17) is 9.68 Å². The van der Waals surface area contributed by atoms with Crippen molar-refractivity contribution in [2.45, 2.75) is 20.0 Å². The van der Waals surface area contributed by atoms with Gasteiger partial charge in [0, 0.05) is 6.54 Å². The van der Waals surface area contributed by atoms with Crippen molar-refractivity contribution in [2.24, 2.45) is 0 Å². The van der Waals surface area contributed by atoms with E-state index in [1.54, 1.807) is 19.1 Å². The van der Waals surface area contributed by atoms with E-state index in [0.29, 0.717) is 35.7 Å². The van der Waals surface area contributed by atoms with Crippen LogP contribution in [0.2, 0.25) is 0 Å². The molecule has 0 aliphatic heterocycles. The zero-order chi connectivity index (χ0) is 15.2. The molecule has 5 nitrogen and oxygen atoms in total. The monoisotopic (exact) mass is 284 g/mol. The fourth-order valence-corrected chi connectivity index (χ4v) is 2.02. The maximum atomic E-state index is 11.5. The number of ether oxygens (including phenoxy) is 1. The second-order valence-corrected chi connectivity index (χ2v) is 4.59. The van der Waals surface area contributed by atoms with Crippen LogP contribution in [0.25, 0.3) is 0 Å². The van der Waals surface area contributed by atoms with Crippen LogP contribution in [0.15, 0.2) is 34.7 Å². The Labute approximate surface area is 123 Å². The van der Waals surface area contributed by atoms with Crippen LogP contribution in [-0.2, 0) is 17.8 Å². The first kappa shape index (κ1) is 14.8. The zero-order valence-electron chi connectivity index (χ0n) is 12.0. The van der Waals surface area contributed by atoms with Crippen LogP contribution in [0.5, 0.6) is 0 Å². The van der Waals surface area contributed by atoms with Crippen LogP contribution in [0, 0.1) is 18.3 Å². The largest absolute Gasteiger partial charge is 0.465 e. The highest BCUT2D eigenvalue weighted by molar-refractivity contribution is 5.90. The normalized spacial score (nSPS) is 10.1. The standard InChI is InChI=1S/C16H16N2O3/c1-11-15(16(19)20-2)7-14(21-11)10-18-9-13-5-3-4-12(6-13)8-17/h3-7,18H,9-10H2,1-2H3. The molecule has 0 saturated carbocycles. The van der Waals surface area contributed by atoms with Crippen molar-refractivity contribution in [3.05, 3.63) is 58.5 Å². The van der Waals surface area contributed by atoms with E-state index in [1.807, 2.05) is 18.2 Å². The third kappa shape index (κ3) is 3.71. The third-order valence-electron chi connectivity index (χ3n) is 3.06. The molecule has 0 spiro atoms. The second-order valence-electron chi connectivity index (χ2n) is 4.59. The highest BCUT2D eigenvalue weighted by Crippen LogP contribution is 2.15. The van der Waals surface area contributed by atoms with E-state index in [0.717, 1.165) is 5.56 Å². The van der Waals surface area contributed by atoms with E-state index in [9.17, 15) is 4.79 Å². The highest BCUT2D eigenvalue weighted by atomic mass is 16.5. The molecule has 21 heavy (non-hydrogen) atoms. The van der Waals surface area contributed by atoms with Gasteiger partial charge in [0.05, 0.1) is 25.3 Å². The molecule has 0 atom stereocenters. The van der Waals surface area contributed by atoms with Crippen molar-refractivity contribution in [3.63, 3.8) is 0 Å². The molecule has 0 unspecified atom stereocenters. The molecule has 0 radical (unpaired) electrons. The molecular weight excluding hydrogens is 268 g/mol. The van der Waals surface area contributed by atoms with Crippen molar-refractivity contribution < 1.29 is 13.9 Å². The summed E-state index contributed by atoms with van der Waals surface area (Å²) in [6.45, 7) is 2.84. The zero-order valence-corrected chi connectivity index (χ0v) is 12.0. The average molecular weight is 284 g/mol. The Hall–Kier alpha value is -2.58. The van der Waals surface area contributed by atoms with Crippen LogP contribution in [0.3, 0.4) is 0 Å². The number of carbonyl (C=O) groups excluding carboxylic acids is 1. The van der Waals surface area contributed by atoms with Gasteiger partial charge in [-0.2, -0.15) is 5.26 Å². The number of esters is 1. The van der Waals surface area contributed by atoms with E-state index < -0.39 is 5.97 Å². The number of nitrogens with one attached hydrogen (secondary N) is 1. The summed E-state index contributed by atoms with van der Waals surface area (Å²) in [5, 5.41) is 12.1. The molecule has 0 fully saturated rings.